The Morgan fingerprint density at radius 3 is 2.89 bits per heavy atom. The van der Waals surface area contributed by atoms with Crippen LogP contribution in [0.3, 0.4) is 0 Å². The van der Waals surface area contributed by atoms with Gasteiger partial charge in [0, 0.05) is 13.1 Å². The van der Waals surface area contributed by atoms with E-state index in [0.29, 0.717) is 12.7 Å². The van der Waals surface area contributed by atoms with Gasteiger partial charge in [0.05, 0.1) is 19.3 Å². The third kappa shape index (κ3) is 5.09. The molecule has 1 heterocycles. The minimum atomic E-state index is -0.575. The summed E-state index contributed by atoms with van der Waals surface area (Å²) in [6.07, 6.45) is 2.08. The highest BCUT2D eigenvalue weighted by atomic mass is 16.5. The lowest BCUT2D eigenvalue weighted by Gasteiger charge is -2.32. The molecule has 1 aliphatic rings. The minimum Gasteiger partial charge on any atom is -0.465 e. The zero-order valence-corrected chi connectivity index (χ0v) is 12.7. The van der Waals surface area contributed by atoms with Crippen LogP contribution in [0.2, 0.25) is 0 Å². The molecule has 1 aliphatic heterocycles. The molecule has 2 unspecified atom stereocenters. The van der Waals surface area contributed by atoms with Crippen molar-refractivity contribution in [2.45, 2.75) is 45.3 Å². The minimum absolute atomic E-state index is 0.159. The van der Waals surface area contributed by atoms with E-state index in [1.54, 1.807) is 0 Å². The highest BCUT2D eigenvalue weighted by Gasteiger charge is 2.32. The molecule has 0 aromatic carbocycles. The van der Waals surface area contributed by atoms with E-state index in [4.69, 9.17) is 9.47 Å². The van der Waals surface area contributed by atoms with Gasteiger partial charge in [-0.3, -0.25) is 9.69 Å². The van der Waals surface area contributed by atoms with Gasteiger partial charge >= 0.3 is 5.97 Å². The maximum absolute atomic E-state index is 11.9. The number of hydrogen-bond donors (Lipinski definition) is 1. The Bertz CT molecular complexity index is 286. The van der Waals surface area contributed by atoms with E-state index in [0.717, 1.165) is 39.1 Å². The van der Waals surface area contributed by atoms with Crippen molar-refractivity contribution in [1.82, 2.24) is 10.2 Å². The molecule has 2 atom stereocenters. The lowest BCUT2D eigenvalue weighted by atomic mass is 9.96. The standard InChI is InChI=1S/C14H28N2O3/c1-5-18-13(17)14(3,15-4)7-6-8-16-9-10-19-12(2)11-16/h12,15H,5-11H2,1-4H3. The van der Waals surface area contributed by atoms with Gasteiger partial charge < -0.3 is 14.8 Å². The molecule has 0 bridgehead atoms. The number of nitrogens with one attached hydrogen (secondary N) is 1. The number of morpholine rings is 1. The van der Waals surface area contributed by atoms with E-state index in [9.17, 15) is 4.79 Å². The number of rotatable bonds is 7. The summed E-state index contributed by atoms with van der Waals surface area (Å²) in [5, 5.41) is 3.09. The molecule has 112 valence electrons. The fourth-order valence-corrected chi connectivity index (χ4v) is 2.37. The lowest BCUT2D eigenvalue weighted by molar-refractivity contribution is -0.150. The quantitative estimate of drug-likeness (QED) is 0.702. The van der Waals surface area contributed by atoms with Gasteiger partial charge in [-0.15, -0.1) is 0 Å². The summed E-state index contributed by atoms with van der Waals surface area (Å²) in [6, 6.07) is 0. The van der Waals surface area contributed by atoms with Crippen LogP contribution in [0.5, 0.6) is 0 Å². The maximum atomic E-state index is 11.9. The molecule has 5 nitrogen and oxygen atoms in total. The fraction of sp³-hybridized carbons (Fsp3) is 0.929. The van der Waals surface area contributed by atoms with Gasteiger partial charge in [0.15, 0.2) is 0 Å². The second-order valence-corrected chi connectivity index (χ2v) is 5.39. The Morgan fingerprint density at radius 1 is 1.58 bits per heavy atom. The third-order valence-corrected chi connectivity index (χ3v) is 3.75. The van der Waals surface area contributed by atoms with Crippen molar-refractivity contribution in [3.63, 3.8) is 0 Å². The van der Waals surface area contributed by atoms with Crippen molar-refractivity contribution in [1.29, 1.82) is 0 Å². The second kappa shape index (κ2) is 7.82. The molecule has 0 amide bonds. The van der Waals surface area contributed by atoms with Gasteiger partial charge in [-0.25, -0.2) is 0 Å². The first kappa shape index (κ1) is 16.4. The van der Waals surface area contributed by atoms with Crippen molar-refractivity contribution in [2.24, 2.45) is 0 Å². The number of ether oxygens (including phenoxy) is 2. The number of likely N-dealkylation sites (N-methyl/N-ethyl adjacent to an activating group) is 1. The van der Waals surface area contributed by atoms with Gasteiger partial charge in [0.1, 0.15) is 5.54 Å². The molecule has 1 saturated heterocycles. The summed E-state index contributed by atoms with van der Waals surface area (Å²) in [5.74, 6) is -0.159. The van der Waals surface area contributed by atoms with E-state index in [1.807, 2.05) is 20.9 Å². The van der Waals surface area contributed by atoms with Crippen LogP contribution in [-0.2, 0) is 14.3 Å². The molecule has 0 saturated carbocycles. The van der Waals surface area contributed by atoms with Crippen LogP contribution in [0, 0.1) is 0 Å². The molecule has 0 aliphatic carbocycles. The largest absolute Gasteiger partial charge is 0.465 e. The SMILES string of the molecule is CCOC(=O)C(C)(CCCN1CCOC(C)C1)NC. The summed E-state index contributed by atoms with van der Waals surface area (Å²) in [6.45, 7) is 10.1. The smallest absolute Gasteiger partial charge is 0.326 e. The Kier molecular flexibility index (Phi) is 6.75. The topological polar surface area (TPSA) is 50.8 Å². The van der Waals surface area contributed by atoms with Crippen LogP contribution in [-0.4, -0.2) is 62.4 Å². The molecular weight excluding hydrogens is 244 g/mol. The Balaban J connectivity index is 2.34. The zero-order valence-electron chi connectivity index (χ0n) is 12.7. The van der Waals surface area contributed by atoms with Crippen LogP contribution >= 0.6 is 0 Å². The Morgan fingerprint density at radius 2 is 2.32 bits per heavy atom. The zero-order chi connectivity index (χ0) is 14.3. The van der Waals surface area contributed by atoms with Crippen molar-refractivity contribution < 1.29 is 14.3 Å². The Hall–Kier alpha value is -0.650. The average molecular weight is 272 g/mol. The molecule has 0 spiro atoms. The van der Waals surface area contributed by atoms with E-state index < -0.39 is 5.54 Å². The van der Waals surface area contributed by atoms with Gasteiger partial charge in [0.2, 0.25) is 0 Å². The molecule has 0 aromatic heterocycles. The average Bonchev–Trinajstić information content (AvgIpc) is 2.39. The number of carbonyl (C=O) groups is 1. The van der Waals surface area contributed by atoms with Gasteiger partial charge in [-0.1, -0.05) is 0 Å². The summed E-state index contributed by atoms with van der Waals surface area (Å²) < 4.78 is 10.6. The van der Waals surface area contributed by atoms with Gasteiger partial charge in [-0.2, -0.15) is 0 Å². The second-order valence-electron chi connectivity index (χ2n) is 5.39. The van der Waals surface area contributed by atoms with Crippen molar-refractivity contribution in [3.05, 3.63) is 0 Å². The van der Waals surface area contributed by atoms with Crippen LogP contribution < -0.4 is 5.32 Å². The predicted octanol–water partition coefficient (Wildman–Crippen LogP) is 1.03. The van der Waals surface area contributed by atoms with Crippen molar-refractivity contribution in [2.75, 3.05) is 39.9 Å². The molecule has 1 N–H and O–H groups in total. The first-order chi connectivity index (χ1) is 9.01. The molecule has 5 heteroatoms. The summed E-state index contributed by atoms with van der Waals surface area (Å²) >= 11 is 0. The molecule has 1 fully saturated rings. The molecule has 19 heavy (non-hydrogen) atoms. The van der Waals surface area contributed by atoms with E-state index in [2.05, 4.69) is 17.1 Å². The van der Waals surface area contributed by atoms with E-state index in [-0.39, 0.29) is 5.97 Å². The third-order valence-electron chi connectivity index (χ3n) is 3.75. The van der Waals surface area contributed by atoms with Gasteiger partial charge in [0.25, 0.3) is 0 Å². The van der Waals surface area contributed by atoms with Crippen LogP contribution in [0.1, 0.15) is 33.6 Å². The summed E-state index contributed by atoms with van der Waals surface area (Å²) in [5.41, 5.74) is -0.575. The Labute approximate surface area is 116 Å². The van der Waals surface area contributed by atoms with Gasteiger partial charge in [-0.05, 0) is 47.2 Å². The monoisotopic (exact) mass is 272 g/mol. The lowest BCUT2D eigenvalue weighted by Crippen LogP contribution is -2.49. The van der Waals surface area contributed by atoms with E-state index >= 15 is 0 Å². The van der Waals surface area contributed by atoms with Crippen LogP contribution in [0.15, 0.2) is 0 Å². The number of nitrogens with zero attached hydrogens (tertiary/aromatic N) is 1. The number of hydrogen-bond acceptors (Lipinski definition) is 5. The van der Waals surface area contributed by atoms with Crippen LogP contribution in [0.4, 0.5) is 0 Å². The molecule has 1 rings (SSSR count). The molecular formula is C14H28N2O3. The van der Waals surface area contributed by atoms with E-state index in [1.165, 1.54) is 0 Å². The first-order valence-corrected chi connectivity index (χ1v) is 7.22. The predicted molar refractivity (Wildman–Crippen MR) is 75.2 cm³/mol. The fourth-order valence-electron chi connectivity index (χ4n) is 2.37. The highest BCUT2D eigenvalue weighted by Crippen LogP contribution is 2.15. The van der Waals surface area contributed by atoms with Crippen LogP contribution in [0.25, 0.3) is 0 Å². The van der Waals surface area contributed by atoms with Crippen molar-refractivity contribution >= 4 is 5.97 Å². The molecule has 0 radical (unpaired) electrons. The first-order valence-electron chi connectivity index (χ1n) is 7.22. The molecule has 0 aromatic rings. The normalized spacial score (nSPS) is 23.9. The number of carbonyl (C=O) groups excluding carboxylic acids is 1. The summed E-state index contributed by atoms with van der Waals surface area (Å²) in [7, 11) is 1.81. The number of esters is 1. The maximum Gasteiger partial charge on any atom is 0.326 e. The summed E-state index contributed by atoms with van der Waals surface area (Å²) in [4.78, 5) is 14.3. The highest BCUT2D eigenvalue weighted by molar-refractivity contribution is 5.80. The van der Waals surface area contributed by atoms with Crippen molar-refractivity contribution in [3.8, 4) is 0 Å².